The Hall–Kier alpha value is -1.18. The molecular formula is C40H78N2O5. The van der Waals surface area contributed by atoms with Crippen LogP contribution in [0.5, 0.6) is 0 Å². The van der Waals surface area contributed by atoms with E-state index in [0.29, 0.717) is 31.5 Å². The first-order chi connectivity index (χ1) is 23.0. The topological polar surface area (TPSA) is 90.3 Å². The molecule has 0 aromatic heterocycles. The molecule has 0 spiro atoms. The molecule has 0 atom stereocenters. The van der Waals surface area contributed by atoms with Crippen LogP contribution in [0.2, 0.25) is 0 Å². The van der Waals surface area contributed by atoms with Crippen LogP contribution in [0.4, 0.5) is 0 Å². The first-order valence-electron chi connectivity index (χ1n) is 20.4. The zero-order valence-electron chi connectivity index (χ0n) is 31.2. The lowest BCUT2D eigenvalue weighted by molar-refractivity contribution is -0.145. The fraction of sp³-hybridized carbons (Fsp3) is 0.950. The lowest BCUT2D eigenvalue weighted by Crippen LogP contribution is -2.43. The van der Waals surface area contributed by atoms with Gasteiger partial charge in [0.25, 0.3) is 0 Å². The molecule has 0 aromatic rings. The van der Waals surface area contributed by atoms with Crippen molar-refractivity contribution in [1.29, 1.82) is 0 Å². The number of rotatable bonds is 34. The van der Waals surface area contributed by atoms with Crippen LogP contribution in [0.1, 0.15) is 187 Å². The van der Waals surface area contributed by atoms with Crippen molar-refractivity contribution in [2.45, 2.75) is 193 Å². The molecule has 1 aliphatic carbocycles. The number of ether oxygens (including phenoxy) is 1. The maximum atomic E-state index is 12.6. The molecule has 0 heterocycles. The van der Waals surface area contributed by atoms with Crippen LogP contribution in [0.15, 0.2) is 0 Å². The van der Waals surface area contributed by atoms with Gasteiger partial charge in [-0.25, -0.2) is 0 Å². The Morgan fingerprint density at radius 2 is 1.19 bits per heavy atom. The van der Waals surface area contributed by atoms with Gasteiger partial charge in [0.1, 0.15) is 0 Å². The Labute approximate surface area is 291 Å². The van der Waals surface area contributed by atoms with Crippen LogP contribution < -0.4 is 0 Å². The molecule has 0 radical (unpaired) electrons. The van der Waals surface area contributed by atoms with Gasteiger partial charge in [-0.1, -0.05) is 123 Å². The summed E-state index contributed by atoms with van der Waals surface area (Å²) in [6.07, 6.45) is 31.1. The molecule has 0 aliphatic heterocycles. The van der Waals surface area contributed by atoms with E-state index in [4.69, 9.17) is 9.84 Å². The van der Waals surface area contributed by atoms with Crippen LogP contribution in [0.25, 0.3) is 0 Å². The number of carboxylic acids is 1. The summed E-state index contributed by atoms with van der Waals surface area (Å²) in [6.45, 7) is 9.95. The van der Waals surface area contributed by atoms with Crippen LogP contribution in [-0.2, 0) is 14.3 Å². The van der Waals surface area contributed by atoms with Crippen LogP contribution >= 0.6 is 0 Å². The van der Waals surface area contributed by atoms with Crippen molar-refractivity contribution in [3.05, 3.63) is 0 Å². The van der Waals surface area contributed by atoms with Crippen molar-refractivity contribution in [1.82, 2.24) is 9.80 Å². The lowest BCUT2D eigenvalue weighted by Gasteiger charge is -2.36. The van der Waals surface area contributed by atoms with Crippen molar-refractivity contribution < 1.29 is 24.5 Å². The summed E-state index contributed by atoms with van der Waals surface area (Å²) in [5, 5.41) is 18.7. The van der Waals surface area contributed by atoms with Crippen molar-refractivity contribution in [2.75, 3.05) is 45.9 Å². The molecule has 0 aromatic carbocycles. The van der Waals surface area contributed by atoms with E-state index in [0.717, 1.165) is 64.7 Å². The van der Waals surface area contributed by atoms with Gasteiger partial charge in [0, 0.05) is 38.5 Å². The number of esters is 1. The van der Waals surface area contributed by atoms with E-state index in [1.807, 2.05) is 0 Å². The number of aliphatic hydroxyl groups is 1. The lowest BCUT2D eigenvalue weighted by atomic mass is 9.94. The van der Waals surface area contributed by atoms with Gasteiger partial charge < -0.3 is 14.9 Å². The third-order valence-corrected chi connectivity index (χ3v) is 10.3. The molecular weight excluding hydrogens is 588 g/mol. The highest BCUT2D eigenvalue weighted by atomic mass is 16.5. The normalized spacial score (nSPS) is 14.1. The maximum Gasteiger partial charge on any atom is 0.305 e. The van der Waals surface area contributed by atoms with Gasteiger partial charge in [0.15, 0.2) is 0 Å². The average molecular weight is 667 g/mol. The van der Waals surface area contributed by atoms with Gasteiger partial charge in [0.2, 0.25) is 0 Å². The minimum absolute atomic E-state index is 0.0282. The minimum Gasteiger partial charge on any atom is -0.481 e. The standard InChI is InChI=1S/C40H78N2O5/c1-3-5-7-9-11-16-24-37(25-17-12-10-8-6-4-2)36-47-40(46)29-21-15-22-30-41(34-35-43)32-33-42(38-26-18-13-19-27-38)31-23-14-20-28-39(44)45/h37-38,43H,3-36H2,1-2H3,(H,44,45). The number of hydrogen-bond donors (Lipinski definition) is 2. The molecule has 47 heavy (non-hydrogen) atoms. The van der Waals surface area contributed by atoms with E-state index >= 15 is 0 Å². The third-order valence-electron chi connectivity index (χ3n) is 10.3. The molecule has 1 fully saturated rings. The van der Waals surface area contributed by atoms with E-state index in [9.17, 15) is 14.7 Å². The summed E-state index contributed by atoms with van der Waals surface area (Å²) in [5.74, 6) is -0.210. The van der Waals surface area contributed by atoms with Gasteiger partial charge in [-0.3, -0.25) is 19.4 Å². The maximum absolute atomic E-state index is 12.6. The Balaban J connectivity index is 2.36. The Morgan fingerprint density at radius 1 is 0.638 bits per heavy atom. The van der Waals surface area contributed by atoms with Crippen LogP contribution in [0, 0.1) is 5.92 Å². The van der Waals surface area contributed by atoms with E-state index in [1.54, 1.807) is 0 Å². The predicted octanol–water partition coefficient (Wildman–Crippen LogP) is 9.78. The second-order valence-electron chi connectivity index (χ2n) is 14.6. The summed E-state index contributed by atoms with van der Waals surface area (Å²) < 4.78 is 5.83. The number of nitrogens with zero attached hydrogens (tertiary/aromatic N) is 2. The summed E-state index contributed by atoms with van der Waals surface area (Å²) >= 11 is 0. The predicted molar refractivity (Wildman–Crippen MR) is 197 cm³/mol. The number of carbonyl (C=O) groups is 2. The van der Waals surface area contributed by atoms with E-state index < -0.39 is 5.97 Å². The molecule has 1 saturated carbocycles. The fourth-order valence-corrected chi connectivity index (χ4v) is 7.24. The summed E-state index contributed by atoms with van der Waals surface area (Å²) in [4.78, 5) is 28.5. The highest BCUT2D eigenvalue weighted by Crippen LogP contribution is 2.23. The number of aliphatic hydroxyl groups excluding tert-OH is 1. The van der Waals surface area contributed by atoms with E-state index in [2.05, 4.69) is 23.6 Å². The van der Waals surface area contributed by atoms with Gasteiger partial charge in [-0.2, -0.15) is 0 Å². The largest absolute Gasteiger partial charge is 0.481 e. The second-order valence-corrected chi connectivity index (χ2v) is 14.6. The molecule has 2 N–H and O–H groups in total. The SMILES string of the molecule is CCCCCCCCC(CCCCCCCC)COC(=O)CCCCCN(CCO)CCN(CCCCCC(=O)O)C1CCCCC1. The van der Waals surface area contributed by atoms with Gasteiger partial charge in [0.05, 0.1) is 13.2 Å². The van der Waals surface area contributed by atoms with Crippen molar-refractivity contribution in [3.8, 4) is 0 Å². The molecule has 278 valence electrons. The quantitative estimate of drug-likeness (QED) is 0.0522. The smallest absolute Gasteiger partial charge is 0.305 e. The molecule has 7 nitrogen and oxygen atoms in total. The molecule has 1 rings (SSSR count). The van der Waals surface area contributed by atoms with Crippen molar-refractivity contribution >= 4 is 11.9 Å². The minimum atomic E-state index is -0.697. The Bertz CT molecular complexity index is 699. The molecule has 0 unspecified atom stereocenters. The van der Waals surface area contributed by atoms with Crippen LogP contribution in [-0.4, -0.2) is 83.9 Å². The van der Waals surface area contributed by atoms with Gasteiger partial charge in [-0.05, 0) is 70.4 Å². The number of carbonyl (C=O) groups excluding carboxylic acids is 1. The van der Waals surface area contributed by atoms with Crippen LogP contribution in [0.3, 0.4) is 0 Å². The Kier molecular flexibility index (Phi) is 29.9. The van der Waals surface area contributed by atoms with E-state index in [1.165, 1.54) is 122 Å². The molecule has 7 heteroatoms. The fourth-order valence-electron chi connectivity index (χ4n) is 7.24. The molecule has 0 bridgehead atoms. The molecule has 0 saturated heterocycles. The first kappa shape index (κ1) is 43.8. The third kappa shape index (κ3) is 26.4. The van der Waals surface area contributed by atoms with Gasteiger partial charge >= 0.3 is 11.9 Å². The zero-order valence-corrected chi connectivity index (χ0v) is 31.2. The summed E-state index contributed by atoms with van der Waals surface area (Å²) in [6, 6.07) is 0.640. The first-order valence-corrected chi connectivity index (χ1v) is 20.4. The average Bonchev–Trinajstić information content (AvgIpc) is 3.07. The monoisotopic (exact) mass is 667 g/mol. The number of aliphatic carboxylic acids is 1. The highest BCUT2D eigenvalue weighted by Gasteiger charge is 2.21. The summed E-state index contributed by atoms with van der Waals surface area (Å²) in [7, 11) is 0. The van der Waals surface area contributed by atoms with Crippen molar-refractivity contribution in [3.63, 3.8) is 0 Å². The number of carboxylic acid groups (broad SMARTS) is 1. The summed E-state index contributed by atoms with van der Waals surface area (Å²) in [5.41, 5.74) is 0. The molecule has 0 amide bonds. The number of unbranched alkanes of at least 4 members (excludes halogenated alkanes) is 14. The van der Waals surface area contributed by atoms with Gasteiger partial charge in [-0.15, -0.1) is 0 Å². The highest BCUT2D eigenvalue weighted by molar-refractivity contribution is 5.69. The molecule has 1 aliphatic rings. The van der Waals surface area contributed by atoms with E-state index in [-0.39, 0.29) is 19.0 Å². The Morgan fingerprint density at radius 3 is 1.79 bits per heavy atom. The number of hydrogen-bond acceptors (Lipinski definition) is 6. The second kappa shape index (κ2) is 32.0. The zero-order chi connectivity index (χ0) is 34.2. The van der Waals surface area contributed by atoms with Crippen molar-refractivity contribution in [2.24, 2.45) is 5.92 Å².